The summed E-state index contributed by atoms with van der Waals surface area (Å²) in [6.45, 7) is 2.06. The monoisotopic (exact) mass is 308 g/mol. The molecule has 1 unspecified atom stereocenters. The van der Waals surface area contributed by atoms with Crippen LogP contribution >= 0.6 is 15.9 Å². The van der Waals surface area contributed by atoms with Crippen molar-refractivity contribution in [2.24, 2.45) is 0 Å². The molecule has 0 radical (unpaired) electrons. The van der Waals surface area contributed by atoms with Gasteiger partial charge in [0.15, 0.2) is 0 Å². The Kier molecular flexibility index (Phi) is 4.15. The van der Waals surface area contributed by atoms with Crippen LogP contribution in [0.2, 0.25) is 0 Å². The Morgan fingerprint density at radius 1 is 1.17 bits per heavy atom. The molecule has 0 bridgehead atoms. The van der Waals surface area contributed by atoms with E-state index < -0.39 is 6.10 Å². The van der Waals surface area contributed by atoms with Gasteiger partial charge in [-0.1, -0.05) is 37.3 Å². The molecular weight excluding hydrogens is 295 g/mol. The van der Waals surface area contributed by atoms with Crippen LogP contribution in [-0.2, 0) is 6.42 Å². The summed E-state index contributed by atoms with van der Waals surface area (Å²) in [5, 5.41) is 10.2. The van der Waals surface area contributed by atoms with Gasteiger partial charge in [0.2, 0.25) is 0 Å². The van der Waals surface area contributed by atoms with Crippen LogP contribution in [0.15, 0.2) is 46.9 Å². The predicted molar refractivity (Wildman–Crippen MR) is 74.0 cm³/mol. The molecule has 0 aromatic heterocycles. The second-order valence-electron chi connectivity index (χ2n) is 4.17. The summed E-state index contributed by atoms with van der Waals surface area (Å²) in [5.74, 6) is -0.363. The maximum Gasteiger partial charge on any atom is 0.137 e. The molecule has 1 N–H and O–H groups in total. The fraction of sp³-hybridized carbons (Fsp3) is 0.200. The first-order valence-electron chi connectivity index (χ1n) is 5.83. The highest BCUT2D eigenvalue weighted by molar-refractivity contribution is 9.10. The first-order valence-corrected chi connectivity index (χ1v) is 6.63. The van der Waals surface area contributed by atoms with Gasteiger partial charge in [-0.3, -0.25) is 0 Å². The van der Waals surface area contributed by atoms with Crippen molar-refractivity contribution in [1.29, 1.82) is 0 Å². The summed E-state index contributed by atoms with van der Waals surface area (Å²) in [5.41, 5.74) is 2.50. The lowest BCUT2D eigenvalue weighted by Gasteiger charge is -2.13. The van der Waals surface area contributed by atoms with Crippen molar-refractivity contribution >= 4 is 15.9 Å². The van der Waals surface area contributed by atoms with E-state index in [9.17, 15) is 9.50 Å². The minimum atomic E-state index is -0.793. The summed E-state index contributed by atoms with van der Waals surface area (Å²) < 4.78 is 13.8. The second-order valence-corrected chi connectivity index (χ2v) is 5.03. The number of hydrogen-bond donors (Lipinski definition) is 1. The molecular formula is C15H14BrFO. The Bertz CT molecular complexity index is 554. The third-order valence-corrected chi connectivity index (χ3v) is 3.58. The third kappa shape index (κ3) is 2.79. The molecule has 0 amide bonds. The molecule has 2 aromatic carbocycles. The van der Waals surface area contributed by atoms with Gasteiger partial charge in [0, 0.05) is 0 Å². The van der Waals surface area contributed by atoms with Crippen LogP contribution in [-0.4, -0.2) is 5.11 Å². The molecule has 0 aliphatic heterocycles. The zero-order valence-electron chi connectivity index (χ0n) is 10.0. The van der Waals surface area contributed by atoms with Gasteiger partial charge in [-0.25, -0.2) is 4.39 Å². The number of halogens is 2. The third-order valence-electron chi connectivity index (χ3n) is 2.93. The standard InChI is InChI=1S/C15H14BrFO/c1-2-10-4-3-5-11(8-10)15(18)12-6-7-13(16)14(17)9-12/h3-9,15,18H,2H2,1H3. The lowest BCUT2D eigenvalue weighted by molar-refractivity contribution is 0.219. The average molecular weight is 309 g/mol. The number of hydrogen-bond acceptors (Lipinski definition) is 1. The molecule has 18 heavy (non-hydrogen) atoms. The van der Waals surface area contributed by atoms with Gasteiger partial charge in [0.1, 0.15) is 11.9 Å². The number of rotatable bonds is 3. The molecule has 0 fully saturated rings. The van der Waals surface area contributed by atoms with Crippen LogP contribution in [0, 0.1) is 5.82 Å². The molecule has 0 saturated heterocycles. The van der Waals surface area contributed by atoms with Gasteiger partial charge in [-0.2, -0.15) is 0 Å². The Hall–Kier alpha value is -1.19. The van der Waals surface area contributed by atoms with Crippen LogP contribution in [0.5, 0.6) is 0 Å². The smallest absolute Gasteiger partial charge is 0.137 e. The van der Waals surface area contributed by atoms with Gasteiger partial charge >= 0.3 is 0 Å². The zero-order valence-corrected chi connectivity index (χ0v) is 11.6. The quantitative estimate of drug-likeness (QED) is 0.899. The van der Waals surface area contributed by atoms with Crippen LogP contribution in [0.4, 0.5) is 4.39 Å². The van der Waals surface area contributed by atoms with E-state index in [1.165, 1.54) is 6.07 Å². The number of aliphatic hydroxyl groups excluding tert-OH is 1. The molecule has 1 nitrogen and oxygen atoms in total. The summed E-state index contributed by atoms with van der Waals surface area (Å²) in [6.07, 6.45) is 0.119. The highest BCUT2D eigenvalue weighted by atomic mass is 79.9. The molecule has 94 valence electrons. The SMILES string of the molecule is CCc1cccc(C(O)c2ccc(Br)c(F)c2)c1. The van der Waals surface area contributed by atoms with Gasteiger partial charge < -0.3 is 5.11 Å². The molecule has 0 aliphatic carbocycles. The number of aryl methyl sites for hydroxylation is 1. The Morgan fingerprint density at radius 2 is 1.89 bits per heavy atom. The first kappa shape index (κ1) is 13.2. The molecule has 0 spiro atoms. The first-order chi connectivity index (χ1) is 8.61. The van der Waals surface area contributed by atoms with Crippen LogP contribution < -0.4 is 0 Å². The van der Waals surface area contributed by atoms with Crippen LogP contribution in [0.1, 0.15) is 29.7 Å². The maximum absolute atomic E-state index is 13.4. The lowest BCUT2D eigenvalue weighted by atomic mass is 9.99. The molecule has 0 aliphatic rings. The minimum Gasteiger partial charge on any atom is -0.384 e. The molecule has 2 rings (SSSR count). The summed E-state index contributed by atoms with van der Waals surface area (Å²) in [6, 6.07) is 12.4. The second kappa shape index (κ2) is 5.63. The average Bonchev–Trinajstić information content (AvgIpc) is 2.41. The van der Waals surface area contributed by atoms with E-state index in [2.05, 4.69) is 22.9 Å². The predicted octanol–water partition coefficient (Wildman–Crippen LogP) is 4.23. The Balaban J connectivity index is 2.34. The van der Waals surface area contributed by atoms with Crippen molar-refractivity contribution in [3.63, 3.8) is 0 Å². The van der Waals surface area contributed by atoms with E-state index in [0.29, 0.717) is 10.0 Å². The number of benzene rings is 2. The van der Waals surface area contributed by atoms with Crippen molar-refractivity contribution in [1.82, 2.24) is 0 Å². The molecule has 0 heterocycles. The maximum atomic E-state index is 13.4. The minimum absolute atomic E-state index is 0.363. The normalized spacial score (nSPS) is 12.4. The fourth-order valence-electron chi connectivity index (χ4n) is 1.86. The fourth-order valence-corrected chi connectivity index (χ4v) is 2.10. The topological polar surface area (TPSA) is 20.2 Å². The van der Waals surface area contributed by atoms with Gasteiger partial charge in [0.25, 0.3) is 0 Å². The highest BCUT2D eigenvalue weighted by Crippen LogP contribution is 2.26. The Labute approximate surface area is 114 Å². The van der Waals surface area contributed by atoms with Gasteiger partial charge in [-0.15, -0.1) is 0 Å². The van der Waals surface area contributed by atoms with E-state index in [1.54, 1.807) is 12.1 Å². The van der Waals surface area contributed by atoms with E-state index in [0.717, 1.165) is 17.5 Å². The molecule has 3 heteroatoms. The number of aliphatic hydroxyl groups is 1. The molecule has 2 aromatic rings. The van der Waals surface area contributed by atoms with Crippen molar-refractivity contribution in [2.45, 2.75) is 19.4 Å². The zero-order chi connectivity index (χ0) is 13.1. The van der Waals surface area contributed by atoms with E-state index >= 15 is 0 Å². The van der Waals surface area contributed by atoms with Crippen molar-refractivity contribution in [3.8, 4) is 0 Å². The van der Waals surface area contributed by atoms with Crippen LogP contribution in [0.3, 0.4) is 0 Å². The molecule has 1 atom stereocenters. The summed E-state index contributed by atoms with van der Waals surface area (Å²) >= 11 is 3.10. The van der Waals surface area contributed by atoms with Gasteiger partial charge in [-0.05, 0) is 51.2 Å². The van der Waals surface area contributed by atoms with Crippen molar-refractivity contribution in [3.05, 3.63) is 69.4 Å². The van der Waals surface area contributed by atoms with Gasteiger partial charge in [0.05, 0.1) is 4.47 Å². The summed E-state index contributed by atoms with van der Waals surface area (Å²) in [4.78, 5) is 0. The highest BCUT2D eigenvalue weighted by Gasteiger charge is 2.12. The Morgan fingerprint density at radius 3 is 2.56 bits per heavy atom. The van der Waals surface area contributed by atoms with Crippen molar-refractivity contribution < 1.29 is 9.50 Å². The summed E-state index contributed by atoms with van der Waals surface area (Å²) in [7, 11) is 0. The van der Waals surface area contributed by atoms with E-state index in [4.69, 9.17) is 0 Å². The molecule has 0 saturated carbocycles. The van der Waals surface area contributed by atoms with E-state index in [1.807, 2.05) is 24.3 Å². The van der Waals surface area contributed by atoms with Crippen LogP contribution in [0.25, 0.3) is 0 Å². The lowest BCUT2D eigenvalue weighted by Crippen LogP contribution is -2.01. The van der Waals surface area contributed by atoms with E-state index in [-0.39, 0.29) is 5.82 Å². The largest absolute Gasteiger partial charge is 0.384 e. The van der Waals surface area contributed by atoms with Crippen molar-refractivity contribution in [2.75, 3.05) is 0 Å².